The van der Waals surface area contributed by atoms with Gasteiger partial charge < -0.3 is 11.1 Å². The summed E-state index contributed by atoms with van der Waals surface area (Å²) < 4.78 is 15.2. The van der Waals surface area contributed by atoms with Crippen LogP contribution in [-0.2, 0) is 0 Å². The second-order valence-electron chi connectivity index (χ2n) is 3.74. The van der Waals surface area contributed by atoms with Gasteiger partial charge in [0.15, 0.2) is 0 Å². The Morgan fingerprint density at radius 2 is 2.44 bits per heavy atom. The SMILES string of the molecule is CNc1sc(N(O)SN2CC(F)C2)cc1C(N)=O. The molecule has 0 radical (unpaired) electrons. The molecule has 1 saturated heterocycles. The van der Waals surface area contributed by atoms with Crippen molar-refractivity contribution in [3.05, 3.63) is 11.6 Å². The third-order valence-electron chi connectivity index (χ3n) is 2.40. The molecule has 2 heterocycles. The first kappa shape index (κ1) is 13.4. The molecule has 0 unspecified atom stereocenters. The number of nitrogens with two attached hydrogens (primary N) is 1. The van der Waals surface area contributed by atoms with Crippen LogP contribution in [0.1, 0.15) is 10.4 Å². The number of nitrogens with zero attached hydrogens (tertiary/aromatic N) is 2. The Kier molecular flexibility index (Phi) is 3.95. The number of amides is 1. The minimum atomic E-state index is -0.830. The van der Waals surface area contributed by atoms with Gasteiger partial charge in [-0.05, 0) is 6.07 Å². The molecular formula is C9H13FN4O2S2. The van der Waals surface area contributed by atoms with Gasteiger partial charge in [-0.3, -0.25) is 10.0 Å². The van der Waals surface area contributed by atoms with Crippen LogP contribution < -0.4 is 15.5 Å². The monoisotopic (exact) mass is 292 g/mol. The minimum Gasteiger partial charge on any atom is -0.379 e. The van der Waals surface area contributed by atoms with Crippen LogP contribution >= 0.6 is 23.5 Å². The van der Waals surface area contributed by atoms with E-state index in [-0.39, 0.29) is 13.1 Å². The fourth-order valence-corrected chi connectivity index (χ4v) is 3.30. The molecule has 18 heavy (non-hydrogen) atoms. The van der Waals surface area contributed by atoms with E-state index < -0.39 is 12.1 Å². The minimum absolute atomic E-state index is 0.286. The summed E-state index contributed by atoms with van der Waals surface area (Å²) in [6.45, 7) is 0.573. The molecule has 0 aliphatic carbocycles. The molecule has 9 heteroatoms. The normalized spacial score (nSPS) is 16.4. The highest BCUT2D eigenvalue weighted by Gasteiger charge is 2.29. The Labute approximate surface area is 112 Å². The van der Waals surface area contributed by atoms with Crippen LogP contribution in [0.15, 0.2) is 6.07 Å². The number of nitrogens with one attached hydrogen (secondary N) is 1. The lowest BCUT2D eigenvalue weighted by Crippen LogP contribution is -2.45. The molecule has 0 spiro atoms. The molecule has 2 rings (SSSR count). The molecule has 0 saturated carbocycles. The van der Waals surface area contributed by atoms with Crippen molar-refractivity contribution in [3.63, 3.8) is 0 Å². The number of anilines is 2. The Morgan fingerprint density at radius 3 is 2.89 bits per heavy atom. The first-order chi connectivity index (χ1) is 8.51. The molecule has 0 bridgehead atoms. The van der Waals surface area contributed by atoms with E-state index in [0.717, 1.165) is 16.6 Å². The van der Waals surface area contributed by atoms with Gasteiger partial charge in [-0.25, -0.2) is 8.70 Å². The van der Waals surface area contributed by atoms with E-state index in [9.17, 15) is 14.4 Å². The third-order valence-corrected chi connectivity index (χ3v) is 4.52. The fraction of sp³-hybridized carbons (Fsp3) is 0.444. The van der Waals surface area contributed by atoms with E-state index in [1.807, 2.05) is 0 Å². The Morgan fingerprint density at radius 1 is 1.78 bits per heavy atom. The molecule has 1 aromatic heterocycles. The van der Waals surface area contributed by atoms with E-state index >= 15 is 0 Å². The zero-order valence-corrected chi connectivity index (χ0v) is 11.2. The lowest BCUT2D eigenvalue weighted by atomic mass is 10.3. The van der Waals surface area contributed by atoms with Gasteiger partial charge in [-0.1, -0.05) is 11.3 Å². The summed E-state index contributed by atoms with van der Waals surface area (Å²) in [5, 5.41) is 13.7. The molecule has 0 aromatic carbocycles. The van der Waals surface area contributed by atoms with Crippen molar-refractivity contribution in [2.75, 3.05) is 29.9 Å². The quantitative estimate of drug-likeness (QED) is 0.560. The topological polar surface area (TPSA) is 81.8 Å². The summed E-state index contributed by atoms with van der Waals surface area (Å²) in [5.41, 5.74) is 5.54. The number of hydrogen-bond acceptors (Lipinski definition) is 7. The van der Waals surface area contributed by atoms with Crippen molar-refractivity contribution in [1.29, 1.82) is 0 Å². The number of halogens is 1. The molecule has 1 amide bonds. The van der Waals surface area contributed by atoms with Crippen LogP contribution in [0.4, 0.5) is 14.4 Å². The lowest BCUT2D eigenvalue weighted by Gasteiger charge is -2.34. The highest BCUT2D eigenvalue weighted by molar-refractivity contribution is 7.98. The summed E-state index contributed by atoms with van der Waals surface area (Å²) >= 11 is 2.20. The van der Waals surface area contributed by atoms with Crippen molar-refractivity contribution in [3.8, 4) is 0 Å². The average Bonchev–Trinajstić information content (AvgIpc) is 2.70. The van der Waals surface area contributed by atoms with E-state index in [1.165, 1.54) is 17.4 Å². The van der Waals surface area contributed by atoms with Crippen LogP contribution in [0.2, 0.25) is 0 Å². The van der Waals surface area contributed by atoms with Crippen LogP contribution in [0.3, 0.4) is 0 Å². The number of thiophene rings is 1. The van der Waals surface area contributed by atoms with Crippen LogP contribution in [0.5, 0.6) is 0 Å². The van der Waals surface area contributed by atoms with Crippen molar-refractivity contribution < 1.29 is 14.4 Å². The van der Waals surface area contributed by atoms with Gasteiger partial charge in [-0.15, -0.1) is 0 Å². The Hall–Kier alpha value is -1.03. The molecule has 1 fully saturated rings. The molecule has 4 N–H and O–H groups in total. The van der Waals surface area contributed by atoms with Gasteiger partial charge in [-0.2, -0.15) is 4.47 Å². The lowest BCUT2D eigenvalue weighted by molar-refractivity contribution is 0.100. The predicted octanol–water partition coefficient (Wildman–Crippen LogP) is 1.30. The van der Waals surface area contributed by atoms with Gasteiger partial charge in [0.05, 0.1) is 17.7 Å². The maximum Gasteiger partial charge on any atom is 0.251 e. The number of carbonyl (C=O) groups excluding carboxylic acids is 1. The van der Waals surface area contributed by atoms with E-state index in [4.69, 9.17) is 5.73 Å². The van der Waals surface area contributed by atoms with Crippen LogP contribution in [0.25, 0.3) is 0 Å². The second-order valence-corrected chi connectivity index (χ2v) is 5.80. The summed E-state index contributed by atoms with van der Waals surface area (Å²) in [5.74, 6) is -0.562. The molecule has 1 aliphatic heterocycles. The van der Waals surface area contributed by atoms with Crippen molar-refractivity contribution in [2.45, 2.75) is 6.17 Å². The van der Waals surface area contributed by atoms with Crippen molar-refractivity contribution in [2.24, 2.45) is 5.73 Å². The number of primary amides is 1. The molecule has 100 valence electrons. The maximum atomic E-state index is 12.6. The third kappa shape index (κ3) is 2.69. The predicted molar refractivity (Wildman–Crippen MR) is 70.7 cm³/mol. The summed E-state index contributed by atoms with van der Waals surface area (Å²) in [7, 11) is 1.67. The number of rotatable bonds is 5. The van der Waals surface area contributed by atoms with E-state index in [0.29, 0.717) is 15.6 Å². The zero-order chi connectivity index (χ0) is 13.3. The molecular weight excluding hydrogens is 279 g/mol. The van der Waals surface area contributed by atoms with Crippen LogP contribution in [0, 0.1) is 0 Å². The largest absolute Gasteiger partial charge is 0.379 e. The summed E-state index contributed by atoms with van der Waals surface area (Å²) in [6.07, 6.45) is -0.830. The van der Waals surface area contributed by atoms with E-state index in [1.54, 1.807) is 11.4 Å². The number of hydrogen-bond donors (Lipinski definition) is 3. The smallest absolute Gasteiger partial charge is 0.251 e. The standard InChI is InChI=1S/C9H13FN4O2S2/c1-12-9-6(8(11)15)2-7(17-9)14(16)18-13-3-5(10)4-13/h2,5,12,16H,3-4H2,1H3,(H2,11,15). The summed E-state index contributed by atoms with van der Waals surface area (Å²) in [4.78, 5) is 11.2. The molecule has 6 nitrogen and oxygen atoms in total. The van der Waals surface area contributed by atoms with E-state index in [2.05, 4.69) is 5.32 Å². The highest BCUT2D eigenvalue weighted by Crippen LogP contribution is 2.37. The van der Waals surface area contributed by atoms with Gasteiger partial charge in [0.2, 0.25) is 0 Å². The van der Waals surface area contributed by atoms with Gasteiger partial charge in [0, 0.05) is 20.1 Å². The highest BCUT2D eigenvalue weighted by atomic mass is 32.2. The maximum absolute atomic E-state index is 12.6. The van der Waals surface area contributed by atoms with Crippen molar-refractivity contribution in [1.82, 2.24) is 4.31 Å². The average molecular weight is 292 g/mol. The van der Waals surface area contributed by atoms with Crippen molar-refractivity contribution >= 4 is 39.4 Å². The van der Waals surface area contributed by atoms with Gasteiger partial charge in [0.1, 0.15) is 16.2 Å². The molecule has 1 aliphatic rings. The summed E-state index contributed by atoms with van der Waals surface area (Å²) in [6, 6.07) is 1.50. The number of alkyl halides is 1. The number of carbonyl (C=O) groups is 1. The molecule has 0 atom stereocenters. The first-order valence-electron chi connectivity index (χ1n) is 5.18. The second kappa shape index (κ2) is 5.31. The Balaban J connectivity index is 2.05. The van der Waals surface area contributed by atoms with Crippen LogP contribution in [-0.4, -0.2) is 41.7 Å². The Bertz CT molecular complexity index is 450. The molecule has 1 aromatic rings. The fourth-order valence-electron chi connectivity index (χ4n) is 1.45. The van der Waals surface area contributed by atoms with Gasteiger partial charge in [0.25, 0.3) is 5.91 Å². The first-order valence-corrected chi connectivity index (χ1v) is 6.73. The van der Waals surface area contributed by atoms with Gasteiger partial charge >= 0.3 is 0 Å². The zero-order valence-electron chi connectivity index (χ0n) is 9.59.